The first-order valence-electron chi connectivity index (χ1n) is 9.30. The molecule has 2 aromatic heterocycles. The third-order valence-corrected chi connectivity index (χ3v) is 6.04. The van der Waals surface area contributed by atoms with Crippen molar-refractivity contribution in [1.82, 2.24) is 9.55 Å². The molecular formula is C22H19ClN4O2S. The zero-order chi connectivity index (χ0) is 21.3. The fourth-order valence-corrected chi connectivity index (χ4v) is 4.29. The van der Waals surface area contributed by atoms with Crippen molar-refractivity contribution in [1.29, 1.82) is 0 Å². The van der Waals surface area contributed by atoms with Crippen molar-refractivity contribution < 1.29 is 4.79 Å². The Kier molecular flexibility index (Phi) is 5.57. The number of pyridine rings is 1. The number of amides is 1. The Morgan fingerprint density at radius 3 is 2.60 bits per heavy atom. The molecule has 4 rings (SSSR count). The molecule has 4 aromatic rings. The van der Waals surface area contributed by atoms with Crippen LogP contribution in [0.25, 0.3) is 10.2 Å². The van der Waals surface area contributed by atoms with Crippen LogP contribution in [-0.4, -0.2) is 22.5 Å². The van der Waals surface area contributed by atoms with E-state index in [4.69, 9.17) is 11.6 Å². The van der Waals surface area contributed by atoms with Crippen molar-refractivity contribution in [3.05, 3.63) is 86.8 Å². The van der Waals surface area contributed by atoms with Gasteiger partial charge in [0.2, 0.25) is 0 Å². The molecule has 0 saturated carbocycles. The second kappa shape index (κ2) is 8.30. The number of thiazole rings is 1. The second-order valence-electron chi connectivity index (χ2n) is 6.76. The molecule has 0 saturated heterocycles. The van der Waals surface area contributed by atoms with Gasteiger partial charge >= 0.3 is 0 Å². The Balaban J connectivity index is 1.71. The van der Waals surface area contributed by atoms with Crippen molar-refractivity contribution in [2.75, 3.05) is 17.7 Å². The average molecular weight is 439 g/mol. The number of fused-ring (bicyclic) bond motifs is 1. The molecule has 0 aliphatic rings. The molecule has 0 aliphatic heterocycles. The van der Waals surface area contributed by atoms with Crippen LogP contribution in [0.15, 0.2) is 59.4 Å². The minimum Gasteiger partial charge on any atom is -0.387 e. The summed E-state index contributed by atoms with van der Waals surface area (Å²) in [5.41, 5.74) is 3.01. The summed E-state index contributed by atoms with van der Waals surface area (Å²) in [6, 6.07) is 16.4. The molecule has 152 valence electrons. The first-order valence-corrected chi connectivity index (χ1v) is 10.5. The number of rotatable bonds is 5. The lowest BCUT2D eigenvalue weighted by Gasteiger charge is -2.17. The van der Waals surface area contributed by atoms with Gasteiger partial charge in [0.1, 0.15) is 0 Å². The molecule has 0 atom stereocenters. The van der Waals surface area contributed by atoms with Crippen molar-refractivity contribution in [2.24, 2.45) is 0 Å². The Bertz CT molecular complexity index is 1260. The van der Waals surface area contributed by atoms with Crippen LogP contribution < -0.4 is 16.2 Å². The normalized spacial score (nSPS) is 10.9. The largest absolute Gasteiger partial charge is 0.387 e. The molecule has 6 nitrogen and oxygen atoms in total. The Hall–Kier alpha value is -3.16. The first-order chi connectivity index (χ1) is 14.5. The van der Waals surface area contributed by atoms with Gasteiger partial charge in [-0.3, -0.25) is 14.9 Å². The van der Waals surface area contributed by atoms with Crippen LogP contribution >= 0.6 is 22.9 Å². The maximum absolute atomic E-state index is 13.1. The summed E-state index contributed by atoms with van der Waals surface area (Å²) in [5.74, 6) is -0.319. The minimum atomic E-state index is -0.319. The van der Waals surface area contributed by atoms with E-state index in [1.807, 2.05) is 36.4 Å². The topological polar surface area (TPSA) is 76.0 Å². The number of carbonyl (C=O) groups is 1. The van der Waals surface area contributed by atoms with Crippen LogP contribution in [0.3, 0.4) is 0 Å². The number of nitrogens with one attached hydrogen (secondary N) is 2. The molecule has 30 heavy (non-hydrogen) atoms. The van der Waals surface area contributed by atoms with Crippen LogP contribution in [0, 0.1) is 6.92 Å². The molecule has 0 bridgehead atoms. The van der Waals surface area contributed by atoms with E-state index >= 15 is 0 Å². The van der Waals surface area contributed by atoms with E-state index in [0.717, 1.165) is 15.8 Å². The number of carbonyl (C=O) groups excluding carboxylic acids is 1. The monoisotopic (exact) mass is 438 g/mol. The Labute approximate surface area is 182 Å². The van der Waals surface area contributed by atoms with Crippen molar-refractivity contribution in [3.63, 3.8) is 0 Å². The number of anilines is 2. The van der Waals surface area contributed by atoms with Crippen LogP contribution in [0.4, 0.5) is 10.8 Å². The van der Waals surface area contributed by atoms with E-state index < -0.39 is 0 Å². The van der Waals surface area contributed by atoms with E-state index in [1.54, 1.807) is 30.7 Å². The number of para-hydroxylation sites is 1. The van der Waals surface area contributed by atoms with Crippen LogP contribution in [-0.2, 0) is 6.54 Å². The van der Waals surface area contributed by atoms with E-state index in [2.05, 4.69) is 15.6 Å². The molecule has 0 unspecified atom stereocenters. The standard InChI is InChI=1S/C22H19ClN4O2S/c1-13-20(21(29)26-22-25-16-5-3-4-6-18(16)30-22)17(24-2)11-19(28)27(13)12-14-7-9-15(23)10-8-14/h3-11,24H,12H2,1-2H3,(H,25,26,29). The number of hydrogen-bond acceptors (Lipinski definition) is 5. The Morgan fingerprint density at radius 2 is 1.90 bits per heavy atom. The van der Waals surface area contributed by atoms with E-state index in [-0.39, 0.29) is 11.5 Å². The van der Waals surface area contributed by atoms with Crippen molar-refractivity contribution in [3.8, 4) is 0 Å². The van der Waals surface area contributed by atoms with Crippen molar-refractivity contribution >= 4 is 49.9 Å². The van der Waals surface area contributed by atoms with Gasteiger partial charge in [-0.05, 0) is 36.8 Å². The first kappa shape index (κ1) is 20.1. The number of aromatic nitrogens is 2. The van der Waals surface area contributed by atoms with Crippen LogP contribution in [0.5, 0.6) is 0 Å². The fraction of sp³-hybridized carbons (Fsp3) is 0.136. The highest BCUT2D eigenvalue weighted by atomic mass is 35.5. The number of halogens is 1. The lowest BCUT2D eigenvalue weighted by Crippen LogP contribution is -2.28. The third-order valence-electron chi connectivity index (χ3n) is 4.83. The molecule has 2 heterocycles. The molecule has 1 amide bonds. The highest BCUT2D eigenvalue weighted by Gasteiger charge is 2.20. The predicted octanol–water partition coefficient (Wildman–Crippen LogP) is 4.76. The van der Waals surface area contributed by atoms with Crippen molar-refractivity contribution in [2.45, 2.75) is 13.5 Å². The zero-order valence-electron chi connectivity index (χ0n) is 16.4. The van der Waals surface area contributed by atoms with Gasteiger partial charge in [-0.15, -0.1) is 0 Å². The number of hydrogen-bond donors (Lipinski definition) is 2. The molecule has 0 radical (unpaired) electrons. The van der Waals surface area contributed by atoms with Crippen LogP contribution in [0.2, 0.25) is 5.02 Å². The lowest BCUT2D eigenvalue weighted by molar-refractivity contribution is 0.102. The molecule has 0 aliphatic carbocycles. The molecule has 2 aromatic carbocycles. The van der Waals surface area contributed by atoms with E-state index in [0.29, 0.717) is 33.6 Å². The fourth-order valence-electron chi connectivity index (χ4n) is 3.31. The number of benzene rings is 2. The quantitative estimate of drug-likeness (QED) is 0.471. The molecule has 0 fully saturated rings. The second-order valence-corrected chi connectivity index (χ2v) is 8.23. The summed E-state index contributed by atoms with van der Waals surface area (Å²) in [6.45, 7) is 2.11. The van der Waals surface area contributed by atoms with Gasteiger partial charge in [0.15, 0.2) is 5.13 Å². The minimum absolute atomic E-state index is 0.191. The maximum Gasteiger partial charge on any atom is 0.261 e. The van der Waals surface area contributed by atoms with Gasteiger partial charge in [-0.2, -0.15) is 0 Å². The van der Waals surface area contributed by atoms with Gasteiger partial charge in [0, 0.05) is 23.8 Å². The SMILES string of the molecule is CNc1cc(=O)n(Cc2ccc(Cl)cc2)c(C)c1C(=O)Nc1nc2ccccc2s1. The van der Waals surface area contributed by atoms with Gasteiger partial charge in [-0.25, -0.2) is 4.98 Å². The summed E-state index contributed by atoms with van der Waals surface area (Å²) >= 11 is 7.36. The van der Waals surface area contributed by atoms with Gasteiger partial charge in [-0.1, -0.05) is 47.2 Å². The smallest absolute Gasteiger partial charge is 0.261 e. The average Bonchev–Trinajstić information content (AvgIpc) is 3.14. The van der Waals surface area contributed by atoms with Gasteiger partial charge < -0.3 is 9.88 Å². The summed E-state index contributed by atoms with van der Waals surface area (Å²) in [7, 11) is 1.69. The van der Waals surface area contributed by atoms with E-state index in [9.17, 15) is 9.59 Å². The summed E-state index contributed by atoms with van der Waals surface area (Å²) < 4.78 is 2.57. The number of nitrogens with zero attached hydrogens (tertiary/aromatic N) is 2. The molecular weight excluding hydrogens is 420 g/mol. The summed E-state index contributed by atoms with van der Waals surface area (Å²) in [5, 5.41) is 6.98. The molecule has 2 N–H and O–H groups in total. The zero-order valence-corrected chi connectivity index (χ0v) is 18.0. The highest BCUT2D eigenvalue weighted by molar-refractivity contribution is 7.22. The Morgan fingerprint density at radius 1 is 1.17 bits per heavy atom. The van der Waals surface area contributed by atoms with E-state index in [1.165, 1.54) is 17.4 Å². The van der Waals surface area contributed by atoms with Crippen LogP contribution in [0.1, 0.15) is 21.6 Å². The highest BCUT2D eigenvalue weighted by Crippen LogP contribution is 2.27. The third kappa shape index (κ3) is 3.94. The predicted molar refractivity (Wildman–Crippen MR) is 123 cm³/mol. The summed E-state index contributed by atoms with van der Waals surface area (Å²) in [4.78, 5) is 30.3. The van der Waals surface area contributed by atoms with Gasteiger partial charge in [0.05, 0.1) is 28.0 Å². The lowest BCUT2D eigenvalue weighted by atomic mass is 10.1. The summed E-state index contributed by atoms with van der Waals surface area (Å²) in [6.07, 6.45) is 0. The molecule has 0 spiro atoms. The van der Waals surface area contributed by atoms with Gasteiger partial charge in [0.25, 0.3) is 11.5 Å². The maximum atomic E-state index is 13.1. The molecule has 8 heteroatoms.